The van der Waals surface area contributed by atoms with Crippen molar-refractivity contribution in [3.05, 3.63) is 30.1 Å². The van der Waals surface area contributed by atoms with Gasteiger partial charge >= 0.3 is 0 Å². The maximum atomic E-state index is 15.1. The van der Waals surface area contributed by atoms with Gasteiger partial charge < -0.3 is 9.80 Å². The number of hydrogen-bond donors (Lipinski definition) is 0. The maximum Gasteiger partial charge on any atom is 0.230 e. The monoisotopic (exact) mass is 406 g/mol. The molecule has 162 valence electrons. The molecule has 0 N–H and O–H groups in total. The molecule has 3 rings (SSSR count). The Hall–Kier alpha value is -1.49. The smallest absolute Gasteiger partial charge is 0.230 e. The van der Waals surface area contributed by atoms with Crippen molar-refractivity contribution in [1.82, 2.24) is 4.90 Å². The van der Waals surface area contributed by atoms with Gasteiger partial charge in [0.2, 0.25) is 5.91 Å². The molecule has 2 unspecified atom stereocenters. The number of amides is 1. The van der Waals surface area contributed by atoms with E-state index < -0.39 is 6.17 Å². The van der Waals surface area contributed by atoms with Crippen LogP contribution in [0.4, 0.5) is 14.5 Å². The molecule has 1 saturated heterocycles. The molecule has 2 atom stereocenters. The van der Waals surface area contributed by atoms with Crippen LogP contribution in [0.15, 0.2) is 24.3 Å². The van der Waals surface area contributed by atoms with E-state index in [9.17, 15) is 9.18 Å². The predicted molar refractivity (Wildman–Crippen MR) is 114 cm³/mol. The normalized spacial score (nSPS) is 24.0. The summed E-state index contributed by atoms with van der Waals surface area (Å²) in [5.41, 5.74) is 0.932. The number of nitrogens with zero attached hydrogens (tertiary/aromatic N) is 2. The fourth-order valence-corrected chi connectivity index (χ4v) is 4.49. The van der Waals surface area contributed by atoms with Crippen LogP contribution in [0.1, 0.15) is 59.3 Å². The molecule has 2 aliphatic rings. The second-order valence-corrected chi connectivity index (χ2v) is 10.1. The van der Waals surface area contributed by atoms with Crippen LogP contribution >= 0.6 is 0 Å². The first kappa shape index (κ1) is 22.2. The van der Waals surface area contributed by atoms with Crippen molar-refractivity contribution in [3.8, 4) is 0 Å². The first-order valence-corrected chi connectivity index (χ1v) is 11.2. The van der Waals surface area contributed by atoms with Crippen LogP contribution in [0, 0.1) is 23.1 Å². The molecule has 1 amide bonds. The summed E-state index contributed by atoms with van der Waals surface area (Å²) in [6, 6.07) is 6.06. The van der Waals surface area contributed by atoms with Gasteiger partial charge in [-0.15, -0.1) is 0 Å². The third kappa shape index (κ3) is 6.24. The summed E-state index contributed by atoms with van der Waals surface area (Å²) < 4.78 is 28.5. The molecule has 1 aliphatic carbocycles. The van der Waals surface area contributed by atoms with Crippen molar-refractivity contribution < 1.29 is 13.6 Å². The number of piperidine rings is 1. The minimum absolute atomic E-state index is 0.0185. The van der Waals surface area contributed by atoms with E-state index in [0.29, 0.717) is 18.8 Å². The minimum Gasteiger partial charge on any atom is -0.312 e. The van der Waals surface area contributed by atoms with Crippen molar-refractivity contribution in [1.29, 1.82) is 0 Å². The van der Waals surface area contributed by atoms with Crippen molar-refractivity contribution in [2.24, 2.45) is 17.3 Å². The molecule has 5 heteroatoms. The quantitative estimate of drug-likeness (QED) is 0.628. The van der Waals surface area contributed by atoms with Gasteiger partial charge in [-0.25, -0.2) is 8.78 Å². The van der Waals surface area contributed by atoms with Gasteiger partial charge in [0.1, 0.15) is 12.0 Å². The summed E-state index contributed by atoms with van der Waals surface area (Å²) in [7, 11) is 0. The number of rotatable bonds is 6. The van der Waals surface area contributed by atoms with Crippen LogP contribution in [0.25, 0.3) is 0 Å². The third-order valence-electron chi connectivity index (χ3n) is 6.46. The number of likely N-dealkylation sites (tertiary alicyclic amines) is 1. The molecular weight excluding hydrogens is 370 g/mol. The van der Waals surface area contributed by atoms with Gasteiger partial charge in [0.05, 0.1) is 0 Å². The number of carbonyl (C=O) groups is 1. The SMILES string of the molecule is CC(C)(C)CCN1CCC(CN(C(=O)C2CCCC2)c2ccc(F)cc2)C(F)C1. The van der Waals surface area contributed by atoms with E-state index in [1.165, 1.54) is 12.1 Å². The summed E-state index contributed by atoms with van der Waals surface area (Å²) >= 11 is 0. The van der Waals surface area contributed by atoms with Crippen molar-refractivity contribution in [2.45, 2.75) is 65.5 Å². The molecule has 1 saturated carbocycles. The fraction of sp³-hybridized carbons (Fsp3) is 0.708. The van der Waals surface area contributed by atoms with E-state index in [4.69, 9.17) is 0 Å². The van der Waals surface area contributed by atoms with Crippen LogP contribution in [-0.2, 0) is 4.79 Å². The topological polar surface area (TPSA) is 23.6 Å². The van der Waals surface area contributed by atoms with Gasteiger partial charge in [0.25, 0.3) is 0 Å². The molecule has 1 aliphatic heterocycles. The number of carbonyl (C=O) groups excluding carboxylic acids is 1. The highest BCUT2D eigenvalue weighted by atomic mass is 19.1. The fourth-order valence-electron chi connectivity index (χ4n) is 4.49. The Labute approximate surface area is 174 Å². The highest BCUT2D eigenvalue weighted by Crippen LogP contribution is 2.31. The Morgan fingerprint density at radius 2 is 1.79 bits per heavy atom. The van der Waals surface area contributed by atoms with E-state index in [1.54, 1.807) is 17.0 Å². The van der Waals surface area contributed by atoms with Crippen LogP contribution in [-0.4, -0.2) is 43.2 Å². The second-order valence-electron chi connectivity index (χ2n) is 10.1. The maximum absolute atomic E-state index is 15.1. The van der Waals surface area contributed by atoms with Gasteiger partial charge in [-0.05, 0) is 68.5 Å². The summed E-state index contributed by atoms with van der Waals surface area (Å²) in [6.07, 6.45) is 4.81. The van der Waals surface area contributed by atoms with E-state index in [-0.39, 0.29) is 29.0 Å². The van der Waals surface area contributed by atoms with Gasteiger partial charge in [0, 0.05) is 30.6 Å². The average molecular weight is 407 g/mol. The zero-order valence-corrected chi connectivity index (χ0v) is 18.2. The van der Waals surface area contributed by atoms with Gasteiger partial charge in [-0.2, -0.15) is 0 Å². The first-order chi connectivity index (χ1) is 13.7. The lowest BCUT2D eigenvalue weighted by atomic mass is 9.90. The molecule has 2 fully saturated rings. The predicted octanol–water partition coefficient (Wildman–Crippen LogP) is 5.45. The number of alkyl halides is 1. The molecule has 1 aromatic carbocycles. The Kier molecular flexibility index (Phi) is 7.31. The van der Waals surface area contributed by atoms with E-state index in [1.807, 2.05) is 0 Å². The Bertz CT molecular complexity index is 664. The lowest BCUT2D eigenvalue weighted by Gasteiger charge is -2.38. The van der Waals surface area contributed by atoms with Crippen LogP contribution in [0.2, 0.25) is 0 Å². The highest BCUT2D eigenvalue weighted by molar-refractivity contribution is 5.95. The summed E-state index contributed by atoms with van der Waals surface area (Å²) in [5.74, 6) is -0.393. The Morgan fingerprint density at radius 1 is 1.14 bits per heavy atom. The van der Waals surface area contributed by atoms with Crippen molar-refractivity contribution in [3.63, 3.8) is 0 Å². The molecule has 0 spiro atoms. The zero-order valence-electron chi connectivity index (χ0n) is 18.2. The summed E-state index contributed by atoms with van der Waals surface area (Å²) in [5, 5.41) is 0. The molecule has 0 bridgehead atoms. The molecule has 1 heterocycles. The molecule has 3 nitrogen and oxygen atoms in total. The van der Waals surface area contributed by atoms with E-state index in [2.05, 4.69) is 25.7 Å². The van der Waals surface area contributed by atoms with Crippen molar-refractivity contribution in [2.75, 3.05) is 31.1 Å². The zero-order chi connectivity index (χ0) is 21.0. The van der Waals surface area contributed by atoms with E-state index in [0.717, 1.165) is 51.6 Å². The average Bonchev–Trinajstić information content (AvgIpc) is 3.20. The third-order valence-corrected chi connectivity index (χ3v) is 6.46. The number of anilines is 1. The second kappa shape index (κ2) is 9.55. The lowest BCUT2D eigenvalue weighted by Crippen LogP contribution is -2.48. The van der Waals surface area contributed by atoms with Crippen molar-refractivity contribution >= 4 is 11.6 Å². The van der Waals surface area contributed by atoms with Gasteiger partial charge in [-0.1, -0.05) is 33.6 Å². The minimum atomic E-state index is -0.942. The molecule has 1 aromatic rings. The Morgan fingerprint density at radius 3 is 2.38 bits per heavy atom. The number of halogens is 2. The summed E-state index contributed by atoms with van der Waals surface area (Å²) in [6.45, 7) is 9.24. The molecule has 0 radical (unpaired) electrons. The largest absolute Gasteiger partial charge is 0.312 e. The molecule has 29 heavy (non-hydrogen) atoms. The van der Waals surface area contributed by atoms with Gasteiger partial charge in [-0.3, -0.25) is 4.79 Å². The highest BCUT2D eigenvalue weighted by Gasteiger charge is 2.35. The molecular formula is C24H36F2N2O. The Balaban J connectivity index is 1.66. The number of hydrogen-bond acceptors (Lipinski definition) is 2. The first-order valence-electron chi connectivity index (χ1n) is 11.2. The van der Waals surface area contributed by atoms with Crippen LogP contribution in [0.3, 0.4) is 0 Å². The van der Waals surface area contributed by atoms with E-state index >= 15 is 4.39 Å². The summed E-state index contributed by atoms with van der Waals surface area (Å²) in [4.78, 5) is 17.1. The van der Waals surface area contributed by atoms with Crippen LogP contribution in [0.5, 0.6) is 0 Å². The number of benzene rings is 1. The standard InChI is InChI=1S/C24H36F2N2O/c1-24(2,3)13-15-27-14-12-19(22(26)17-27)16-28(21-10-8-20(25)9-11-21)23(29)18-6-4-5-7-18/h8-11,18-19,22H,4-7,12-17H2,1-3H3. The lowest BCUT2D eigenvalue weighted by molar-refractivity contribution is -0.122. The van der Waals surface area contributed by atoms with Crippen LogP contribution < -0.4 is 4.90 Å². The molecule has 0 aromatic heterocycles. The van der Waals surface area contributed by atoms with Gasteiger partial charge in [0.15, 0.2) is 0 Å².